The Bertz CT molecular complexity index is 886. The van der Waals surface area contributed by atoms with Crippen molar-refractivity contribution in [1.29, 1.82) is 0 Å². The Kier molecular flexibility index (Phi) is 6.04. The summed E-state index contributed by atoms with van der Waals surface area (Å²) in [4.78, 5) is 14.8. The molecule has 0 bridgehead atoms. The maximum Gasteiger partial charge on any atom is 0.254 e. The average Bonchev–Trinajstić information content (AvgIpc) is 3.03. The molecule has 0 aliphatic carbocycles. The maximum absolute atomic E-state index is 13.0. The van der Waals surface area contributed by atoms with Crippen LogP contribution in [0.1, 0.15) is 27.3 Å². The van der Waals surface area contributed by atoms with Crippen LogP contribution in [0.5, 0.6) is 0 Å². The Morgan fingerprint density at radius 2 is 1.78 bits per heavy atom. The van der Waals surface area contributed by atoms with Gasteiger partial charge in [-0.1, -0.05) is 30.3 Å². The molecule has 0 atom stereocenters. The standard InChI is InChI=1S/C22H25N3O2/c1-17-15-18(2)25(23-17)21-11-9-20(10-12-21)22(26)24(13-14-27-3)16-19-7-5-4-6-8-19/h4-12,15H,13-14,16H2,1-3H3. The van der Waals surface area contributed by atoms with E-state index in [0.29, 0.717) is 25.3 Å². The highest BCUT2D eigenvalue weighted by molar-refractivity contribution is 5.94. The van der Waals surface area contributed by atoms with Gasteiger partial charge in [-0.25, -0.2) is 4.68 Å². The van der Waals surface area contributed by atoms with Gasteiger partial charge in [-0.15, -0.1) is 0 Å². The Morgan fingerprint density at radius 1 is 1.07 bits per heavy atom. The number of aryl methyl sites for hydroxylation is 2. The highest BCUT2D eigenvalue weighted by Gasteiger charge is 2.16. The van der Waals surface area contributed by atoms with Crippen LogP contribution in [-0.2, 0) is 11.3 Å². The van der Waals surface area contributed by atoms with Crippen LogP contribution in [0.2, 0.25) is 0 Å². The van der Waals surface area contributed by atoms with E-state index in [-0.39, 0.29) is 5.91 Å². The predicted octanol–water partition coefficient (Wildman–Crippen LogP) is 3.78. The minimum absolute atomic E-state index is 0.00387. The minimum atomic E-state index is -0.00387. The van der Waals surface area contributed by atoms with Gasteiger partial charge >= 0.3 is 0 Å². The first kappa shape index (κ1) is 18.9. The van der Waals surface area contributed by atoms with Crippen LogP contribution in [0.15, 0.2) is 60.7 Å². The molecule has 0 radical (unpaired) electrons. The molecule has 1 heterocycles. The maximum atomic E-state index is 13.0. The molecule has 1 amide bonds. The van der Waals surface area contributed by atoms with Gasteiger partial charge in [0.05, 0.1) is 18.0 Å². The molecule has 0 fully saturated rings. The monoisotopic (exact) mass is 363 g/mol. The zero-order chi connectivity index (χ0) is 19.2. The second kappa shape index (κ2) is 8.64. The molecule has 0 aliphatic heterocycles. The summed E-state index contributed by atoms with van der Waals surface area (Å²) in [6, 6.07) is 19.6. The molecule has 0 unspecified atom stereocenters. The zero-order valence-corrected chi connectivity index (χ0v) is 16.1. The molecule has 3 aromatic rings. The van der Waals surface area contributed by atoms with Gasteiger partial charge in [-0.2, -0.15) is 5.10 Å². The molecule has 0 spiro atoms. The van der Waals surface area contributed by atoms with E-state index in [1.165, 1.54) is 0 Å². The Morgan fingerprint density at radius 3 is 2.37 bits per heavy atom. The van der Waals surface area contributed by atoms with E-state index in [1.54, 1.807) is 7.11 Å². The van der Waals surface area contributed by atoms with E-state index in [9.17, 15) is 4.79 Å². The van der Waals surface area contributed by atoms with E-state index < -0.39 is 0 Å². The summed E-state index contributed by atoms with van der Waals surface area (Å²) in [5.74, 6) is -0.00387. The molecule has 0 aliphatic rings. The topological polar surface area (TPSA) is 47.4 Å². The van der Waals surface area contributed by atoms with Crippen LogP contribution < -0.4 is 0 Å². The van der Waals surface area contributed by atoms with Gasteiger partial charge in [0.2, 0.25) is 0 Å². The second-order valence-electron chi connectivity index (χ2n) is 6.59. The number of hydrogen-bond donors (Lipinski definition) is 0. The van der Waals surface area contributed by atoms with Gasteiger partial charge in [-0.3, -0.25) is 4.79 Å². The van der Waals surface area contributed by atoms with Crippen molar-refractivity contribution in [3.05, 3.63) is 83.2 Å². The lowest BCUT2D eigenvalue weighted by atomic mass is 10.1. The molecule has 0 N–H and O–H groups in total. The average molecular weight is 363 g/mol. The van der Waals surface area contributed by atoms with E-state index in [1.807, 2.05) is 84.1 Å². The van der Waals surface area contributed by atoms with Gasteiger partial charge < -0.3 is 9.64 Å². The Balaban J connectivity index is 1.79. The van der Waals surface area contributed by atoms with Crippen LogP contribution in [0.3, 0.4) is 0 Å². The zero-order valence-electron chi connectivity index (χ0n) is 16.1. The fraction of sp³-hybridized carbons (Fsp3) is 0.273. The van der Waals surface area contributed by atoms with E-state index >= 15 is 0 Å². The van der Waals surface area contributed by atoms with Gasteiger partial charge in [0.15, 0.2) is 0 Å². The highest BCUT2D eigenvalue weighted by atomic mass is 16.5. The molecule has 140 valence electrons. The van der Waals surface area contributed by atoms with E-state index in [4.69, 9.17) is 4.74 Å². The van der Waals surface area contributed by atoms with Crippen molar-refractivity contribution >= 4 is 5.91 Å². The van der Waals surface area contributed by atoms with Crippen LogP contribution in [-0.4, -0.2) is 40.8 Å². The van der Waals surface area contributed by atoms with Gasteiger partial charge in [0.25, 0.3) is 5.91 Å². The van der Waals surface area contributed by atoms with Crippen molar-refractivity contribution in [2.45, 2.75) is 20.4 Å². The number of amides is 1. The van der Waals surface area contributed by atoms with Crippen LogP contribution in [0, 0.1) is 13.8 Å². The van der Waals surface area contributed by atoms with Crippen molar-refractivity contribution in [2.75, 3.05) is 20.3 Å². The summed E-state index contributed by atoms with van der Waals surface area (Å²) in [6.07, 6.45) is 0. The minimum Gasteiger partial charge on any atom is -0.383 e. The van der Waals surface area contributed by atoms with E-state index in [0.717, 1.165) is 22.6 Å². The molecule has 27 heavy (non-hydrogen) atoms. The number of nitrogens with zero attached hydrogens (tertiary/aromatic N) is 3. The molecule has 0 saturated heterocycles. The molecular formula is C22H25N3O2. The van der Waals surface area contributed by atoms with Gasteiger partial charge in [0, 0.05) is 31.5 Å². The van der Waals surface area contributed by atoms with Gasteiger partial charge in [0.1, 0.15) is 0 Å². The third kappa shape index (κ3) is 4.63. The lowest BCUT2D eigenvalue weighted by molar-refractivity contribution is 0.0680. The first-order valence-electron chi connectivity index (χ1n) is 9.04. The molecular weight excluding hydrogens is 338 g/mol. The van der Waals surface area contributed by atoms with Crippen molar-refractivity contribution in [1.82, 2.24) is 14.7 Å². The highest BCUT2D eigenvalue weighted by Crippen LogP contribution is 2.15. The van der Waals surface area contributed by atoms with Crippen molar-refractivity contribution in [3.8, 4) is 5.69 Å². The lowest BCUT2D eigenvalue weighted by Gasteiger charge is -2.23. The fourth-order valence-corrected chi connectivity index (χ4v) is 3.08. The van der Waals surface area contributed by atoms with Crippen LogP contribution in [0.4, 0.5) is 0 Å². The Labute approximate surface area is 160 Å². The third-order valence-electron chi connectivity index (χ3n) is 4.44. The largest absolute Gasteiger partial charge is 0.383 e. The first-order chi connectivity index (χ1) is 13.1. The number of aromatic nitrogens is 2. The normalized spacial score (nSPS) is 10.8. The van der Waals surface area contributed by atoms with Crippen LogP contribution >= 0.6 is 0 Å². The molecule has 3 rings (SSSR count). The number of rotatable bonds is 7. The molecule has 0 saturated carbocycles. The van der Waals surface area contributed by atoms with Crippen molar-refractivity contribution in [2.24, 2.45) is 0 Å². The fourth-order valence-electron chi connectivity index (χ4n) is 3.08. The lowest BCUT2D eigenvalue weighted by Crippen LogP contribution is -2.33. The summed E-state index contributed by atoms with van der Waals surface area (Å²) in [6.45, 7) is 5.60. The molecule has 5 nitrogen and oxygen atoms in total. The number of hydrogen-bond acceptors (Lipinski definition) is 3. The SMILES string of the molecule is COCCN(Cc1ccccc1)C(=O)c1ccc(-n2nc(C)cc2C)cc1. The number of carbonyl (C=O) groups is 1. The summed E-state index contributed by atoms with van der Waals surface area (Å²) in [5, 5.41) is 4.49. The number of carbonyl (C=O) groups excluding carboxylic acids is 1. The van der Waals surface area contributed by atoms with Gasteiger partial charge in [-0.05, 0) is 49.7 Å². The van der Waals surface area contributed by atoms with Crippen molar-refractivity contribution < 1.29 is 9.53 Å². The summed E-state index contributed by atoms with van der Waals surface area (Å²) < 4.78 is 7.07. The number of benzene rings is 2. The smallest absolute Gasteiger partial charge is 0.254 e. The number of ether oxygens (including phenoxy) is 1. The quantitative estimate of drug-likeness (QED) is 0.642. The molecule has 2 aromatic carbocycles. The Hall–Kier alpha value is -2.92. The summed E-state index contributed by atoms with van der Waals surface area (Å²) in [7, 11) is 1.65. The van der Waals surface area contributed by atoms with Crippen molar-refractivity contribution in [3.63, 3.8) is 0 Å². The van der Waals surface area contributed by atoms with Crippen LogP contribution in [0.25, 0.3) is 5.69 Å². The summed E-state index contributed by atoms with van der Waals surface area (Å²) >= 11 is 0. The van der Waals surface area contributed by atoms with E-state index in [2.05, 4.69) is 5.10 Å². The first-order valence-corrected chi connectivity index (χ1v) is 9.04. The predicted molar refractivity (Wildman–Crippen MR) is 106 cm³/mol. The molecule has 1 aromatic heterocycles. The number of methoxy groups -OCH3 is 1. The third-order valence-corrected chi connectivity index (χ3v) is 4.44. The molecule has 5 heteroatoms. The second-order valence-corrected chi connectivity index (χ2v) is 6.59. The summed E-state index contributed by atoms with van der Waals surface area (Å²) in [5.41, 5.74) is 4.75.